The largest absolute Gasteiger partial charge is 0.391 e. The van der Waals surface area contributed by atoms with Crippen LogP contribution >= 0.6 is 0 Å². The van der Waals surface area contributed by atoms with Crippen molar-refractivity contribution in [1.29, 1.82) is 0 Å². The molecule has 23 heavy (non-hydrogen) atoms. The minimum Gasteiger partial charge on any atom is -0.391 e. The molecule has 2 aliphatic heterocycles. The number of urea groups is 1. The second-order valence-corrected chi connectivity index (χ2v) is 6.51. The summed E-state index contributed by atoms with van der Waals surface area (Å²) in [5, 5.41) is 12.6. The molecule has 2 fully saturated rings. The summed E-state index contributed by atoms with van der Waals surface area (Å²) in [6.07, 6.45) is 2.25. The molecule has 0 spiro atoms. The summed E-state index contributed by atoms with van der Waals surface area (Å²) in [5.41, 5.74) is 1.03. The Morgan fingerprint density at radius 1 is 1.22 bits per heavy atom. The van der Waals surface area contributed by atoms with Crippen LogP contribution in [-0.2, 0) is 0 Å². The molecule has 0 unspecified atom stereocenters. The van der Waals surface area contributed by atoms with Crippen LogP contribution in [0.2, 0.25) is 0 Å². The number of rotatable bonds is 3. The number of nitrogens with zero attached hydrogens (tertiary/aromatic N) is 2. The van der Waals surface area contributed by atoms with Gasteiger partial charge < -0.3 is 20.2 Å². The third-order valence-electron chi connectivity index (χ3n) is 4.70. The van der Waals surface area contributed by atoms with Gasteiger partial charge in [-0.1, -0.05) is 0 Å². The van der Waals surface area contributed by atoms with Gasteiger partial charge in [-0.15, -0.1) is 0 Å². The third-order valence-corrected chi connectivity index (χ3v) is 4.70. The number of carbonyl (C=O) groups is 1. The lowest BCUT2D eigenvalue weighted by molar-refractivity contribution is 0.0840. The molecule has 2 N–H and O–H groups in total. The number of hydrogen-bond donors (Lipinski definition) is 2. The summed E-state index contributed by atoms with van der Waals surface area (Å²) < 4.78 is 13.0. The molecular weight excluding hydrogens is 297 g/mol. The highest BCUT2D eigenvalue weighted by molar-refractivity contribution is 5.74. The number of nitrogens with one attached hydrogen (secondary N) is 1. The molecule has 2 heterocycles. The van der Waals surface area contributed by atoms with E-state index < -0.39 is 6.10 Å². The van der Waals surface area contributed by atoms with Crippen LogP contribution in [-0.4, -0.2) is 54.9 Å². The maximum Gasteiger partial charge on any atom is 0.317 e. The molecule has 2 aliphatic rings. The first-order valence-corrected chi connectivity index (χ1v) is 8.33. The van der Waals surface area contributed by atoms with E-state index in [1.165, 1.54) is 12.1 Å². The van der Waals surface area contributed by atoms with Gasteiger partial charge in [-0.05, 0) is 49.4 Å². The smallest absolute Gasteiger partial charge is 0.317 e. The number of anilines is 1. The van der Waals surface area contributed by atoms with Crippen molar-refractivity contribution in [2.45, 2.75) is 25.4 Å². The lowest BCUT2D eigenvalue weighted by atomic mass is 10.1. The first-order chi connectivity index (χ1) is 11.1. The summed E-state index contributed by atoms with van der Waals surface area (Å²) in [6.45, 7) is 3.58. The maximum absolute atomic E-state index is 13.0. The molecule has 0 aliphatic carbocycles. The second kappa shape index (κ2) is 7.17. The molecule has 2 atom stereocenters. The zero-order chi connectivity index (χ0) is 16.2. The molecule has 0 bridgehead atoms. The van der Waals surface area contributed by atoms with Gasteiger partial charge in [0, 0.05) is 38.4 Å². The molecule has 0 radical (unpaired) electrons. The van der Waals surface area contributed by atoms with Crippen LogP contribution in [0.1, 0.15) is 19.3 Å². The van der Waals surface area contributed by atoms with Crippen molar-refractivity contribution in [3.8, 4) is 0 Å². The highest BCUT2D eigenvalue weighted by atomic mass is 19.1. The average Bonchev–Trinajstić information content (AvgIpc) is 3.02. The Morgan fingerprint density at radius 3 is 2.74 bits per heavy atom. The minimum absolute atomic E-state index is 0.0796. The molecule has 5 nitrogen and oxygen atoms in total. The number of aliphatic hydroxyl groups is 1. The normalized spacial score (nSPS) is 24.8. The quantitative estimate of drug-likeness (QED) is 0.893. The standard InChI is InChI=1S/C17H24FN3O2/c18-14-3-5-15(6-4-14)20-9-7-13(11-20)10-19-17(23)21-8-1-2-16(22)12-21/h3-6,13,16,22H,1-2,7-12H2,(H,19,23)/t13-,16-/m0/s1. The molecule has 3 rings (SSSR count). The average molecular weight is 321 g/mol. The Hall–Kier alpha value is -1.82. The van der Waals surface area contributed by atoms with E-state index in [0.29, 0.717) is 19.0 Å². The Kier molecular flexibility index (Phi) is 5.00. The maximum atomic E-state index is 13.0. The van der Waals surface area contributed by atoms with E-state index in [1.807, 2.05) is 0 Å². The number of benzene rings is 1. The number of aliphatic hydroxyl groups excluding tert-OH is 1. The first kappa shape index (κ1) is 16.1. The number of carbonyl (C=O) groups excluding carboxylic acids is 1. The Morgan fingerprint density at radius 2 is 2.00 bits per heavy atom. The fraction of sp³-hybridized carbons (Fsp3) is 0.588. The number of halogens is 1. The van der Waals surface area contributed by atoms with Gasteiger partial charge in [0.2, 0.25) is 0 Å². The van der Waals surface area contributed by atoms with E-state index >= 15 is 0 Å². The lowest BCUT2D eigenvalue weighted by Crippen LogP contribution is -2.48. The summed E-state index contributed by atoms with van der Waals surface area (Å²) in [6, 6.07) is 6.47. The van der Waals surface area contributed by atoms with Crippen LogP contribution < -0.4 is 10.2 Å². The number of β-amino-alcohol motifs (C(OH)–C–C–N with tert-alkyl or cyclic N) is 1. The van der Waals surface area contributed by atoms with Gasteiger partial charge in [-0.3, -0.25) is 0 Å². The molecule has 1 aromatic carbocycles. The number of piperidine rings is 1. The number of hydrogen-bond acceptors (Lipinski definition) is 3. The number of likely N-dealkylation sites (tertiary alicyclic amines) is 1. The fourth-order valence-corrected chi connectivity index (χ4v) is 3.37. The summed E-state index contributed by atoms with van der Waals surface area (Å²) in [4.78, 5) is 16.1. The van der Waals surface area contributed by atoms with Gasteiger partial charge >= 0.3 is 6.03 Å². The zero-order valence-corrected chi connectivity index (χ0v) is 13.2. The van der Waals surface area contributed by atoms with E-state index in [0.717, 1.165) is 44.6 Å². The molecule has 1 aromatic rings. The zero-order valence-electron chi connectivity index (χ0n) is 13.2. The fourth-order valence-electron chi connectivity index (χ4n) is 3.37. The van der Waals surface area contributed by atoms with Crippen molar-refractivity contribution in [3.05, 3.63) is 30.1 Å². The van der Waals surface area contributed by atoms with Gasteiger partial charge in [0.15, 0.2) is 0 Å². The summed E-state index contributed by atoms with van der Waals surface area (Å²) in [7, 11) is 0. The third kappa shape index (κ3) is 4.13. The van der Waals surface area contributed by atoms with Gasteiger partial charge in [-0.2, -0.15) is 0 Å². The van der Waals surface area contributed by atoms with Crippen LogP contribution in [0.15, 0.2) is 24.3 Å². The van der Waals surface area contributed by atoms with Crippen molar-refractivity contribution in [1.82, 2.24) is 10.2 Å². The molecule has 126 valence electrons. The number of amides is 2. The topological polar surface area (TPSA) is 55.8 Å². The highest BCUT2D eigenvalue weighted by Crippen LogP contribution is 2.23. The van der Waals surface area contributed by atoms with Gasteiger partial charge in [0.05, 0.1) is 6.10 Å². The molecule has 2 saturated heterocycles. The van der Waals surface area contributed by atoms with Crippen LogP contribution in [0.3, 0.4) is 0 Å². The monoisotopic (exact) mass is 321 g/mol. The Labute approximate surface area is 136 Å². The van der Waals surface area contributed by atoms with Crippen molar-refractivity contribution in [3.63, 3.8) is 0 Å². The summed E-state index contributed by atoms with van der Waals surface area (Å²) >= 11 is 0. The lowest BCUT2D eigenvalue weighted by Gasteiger charge is -2.30. The molecule has 0 aromatic heterocycles. The SMILES string of the molecule is O=C(NC[C@@H]1CCN(c2ccc(F)cc2)C1)N1CCC[C@H](O)C1. The molecular formula is C17H24FN3O2. The van der Waals surface area contributed by atoms with E-state index in [9.17, 15) is 14.3 Å². The van der Waals surface area contributed by atoms with Crippen LogP contribution in [0.25, 0.3) is 0 Å². The van der Waals surface area contributed by atoms with E-state index in [4.69, 9.17) is 0 Å². The molecule has 6 heteroatoms. The van der Waals surface area contributed by atoms with Gasteiger partial charge in [-0.25, -0.2) is 9.18 Å². The Balaban J connectivity index is 1.45. The van der Waals surface area contributed by atoms with Crippen molar-refractivity contribution < 1.29 is 14.3 Å². The van der Waals surface area contributed by atoms with Crippen LogP contribution in [0.4, 0.5) is 14.9 Å². The predicted molar refractivity (Wildman–Crippen MR) is 86.9 cm³/mol. The van der Waals surface area contributed by atoms with Gasteiger partial charge in [0.25, 0.3) is 0 Å². The Bertz CT molecular complexity index is 537. The van der Waals surface area contributed by atoms with Crippen molar-refractivity contribution in [2.24, 2.45) is 5.92 Å². The second-order valence-electron chi connectivity index (χ2n) is 6.51. The first-order valence-electron chi connectivity index (χ1n) is 8.33. The van der Waals surface area contributed by atoms with Crippen LogP contribution in [0, 0.1) is 11.7 Å². The van der Waals surface area contributed by atoms with E-state index in [1.54, 1.807) is 17.0 Å². The molecule has 0 saturated carbocycles. The van der Waals surface area contributed by atoms with Crippen molar-refractivity contribution in [2.75, 3.05) is 37.6 Å². The van der Waals surface area contributed by atoms with E-state index in [2.05, 4.69) is 10.2 Å². The van der Waals surface area contributed by atoms with Gasteiger partial charge in [0.1, 0.15) is 5.82 Å². The minimum atomic E-state index is -0.394. The molecule has 2 amide bonds. The highest BCUT2D eigenvalue weighted by Gasteiger charge is 2.25. The summed E-state index contributed by atoms with van der Waals surface area (Å²) in [5.74, 6) is 0.180. The van der Waals surface area contributed by atoms with Crippen molar-refractivity contribution >= 4 is 11.7 Å². The van der Waals surface area contributed by atoms with Crippen LogP contribution in [0.5, 0.6) is 0 Å². The van der Waals surface area contributed by atoms with E-state index in [-0.39, 0.29) is 11.8 Å². The predicted octanol–water partition coefficient (Wildman–Crippen LogP) is 1.82.